The first-order valence-corrected chi connectivity index (χ1v) is 8.14. The maximum absolute atomic E-state index is 6.15. The van der Waals surface area contributed by atoms with E-state index < -0.39 is 0 Å². The molecule has 2 heterocycles. The maximum atomic E-state index is 6.15. The fraction of sp³-hybridized carbons (Fsp3) is 0.176. The molecule has 3 aromatic rings. The fourth-order valence-electron chi connectivity index (χ4n) is 2.84. The molecule has 0 saturated heterocycles. The van der Waals surface area contributed by atoms with Gasteiger partial charge in [0.25, 0.3) is 0 Å². The van der Waals surface area contributed by atoms with E-state index in [2.05, 4.69) is 27.0 Å². The van der Waals surface area contributed by atoms with Gasteiger partial charge in [0.2, 0.25) is 0 Å². The zero-order chi connectivity index (χ0) is 16.0. The summed E-state index contributed by atoms with van der Waals surface area (Å²) in [5.41, 5.74) is 2.96. The SMILES string of the molecule is C[C@H]1CNc2cc(Cl)ccc2-n2c(-c3ccc(Cl)cc3)nnc21. The lowest BCUT2D eigenvalue weighted by Gasteiger charge is -2.12. The minimum absolute atomic E-state index is 0.231. The molecule has 1 aliphatic heterocycles. The number of anilines is 1. The summed E-state index contributed by atoms with van der Waals surface area (Å²) < 4.78 is 2.10. The van der Waals surface area contributed by atoms with Crippen LogP contribution in [0.1, 0.15) is 18.7 Å². The molecule has 0 spiro atoms. The third kappa shape index (κ3) is 2.48. The molecule has 23 heavy (non-hydrogen) atoms. The van der Waals surface area contributed by atoms with Crippen molar-refractivity contribution in [2.75, 3.05) is 11.9 Å². The zero-order valence-electron chi connectivity index (χ0n) is 12.4. The summed E-state index contributed by atoms with van der Waals surface area (Å²) in [6.07, 6.45) is 0. The Morgan fingerprint density at radius 1 is 1.04 bits per heavy atom. The second-order valence-corrected chi connectivity index (χ2v) is 6.54. The molecular weight excluding hydrogens is 331 g/mol. The van der Waals surface area contributed by atoms with Crippen LogP contribution in [0.15, 0.2) is 42.5 Å². The molecule has 0 unspecified atom stereocenters. The molecule has 0 radical (unpaired) electrons. The van der Waals surface area contributed by atoms with Crippen LogP contribution in [0.3, 0.4) is 0 Å². The Morgan fingerprint density at radius 3 is 2.57 bits per heavy atom. The van der Waals surface area contributed by atoms with E-state index in [1.54, 1.807) is 0 Å². The average Bonchev–Trinajstić information content (AvgIpc) is 2.93. The van der Waals surface area contributed by atoms with E-state index in [9.17, 15) is 0 Å². The number of hydrogen-bond donors (Lipinski definition) is 1. The van der Waals surface area contributed by atoms with Crippen LogP contribution in [-0.2, 0) is 0 Å². The van der Waals surface area contributed by atoms with Gasteiger partial charge in [-0.15, -0.1) is 10.2 Å². The van der Waals surface area contributed by atoms with Crippen molar-refractivity contribution >= 4 is 28.9 Å². The van der Waals surface area contributed by atoms with Gasteiger partial charge in [-0.05, 0) is 42.5 Å². The Bertz CT molecular complexity index is 871. The number of rotatable bonds is 1. The van der Waals surface area contributed by atoms with Crippen molar-refractivity contribution in [3.05, 3.63) is 58.3 Å². The number of aromatic nitrogens is 3. The van der Waals surface area contributed by atoms with Gasteiger partial charge in [0, 0.05) is 28.1 Å². The van der Waals surface area contributed by atoms with Gasteiger partial charge in [-0.2, -0.15) is 0 Å². The first-order valence-electron chi connectivity index (χ1n) is 7.38. The summed E-state index contributed by atoms with van der Waals surface area (Å²) in [7, 11) is 0. The molecule has 0 bridgehead atoms. The number of nitrogens with one attached hydrogen (secondary N) is 1. The molecule has 2 aromatic carbocycles. The van der Waals surface area contributed by atoms with Gasteiger partial charge in [0.1, 0.15) is 5.82 Å². The van der Waals surface area contributed by atoms with Crippen LogP contribution >= 0.6 is 23.2 Å². The number of hydrogen-bond acceptors (Lipinski definition) is 3. The van der Waals surface area contributed by atoms with Crippen molar-refractivity contribution in [3.63, 3.8) is 0 Å². The lowest BCUT2D eigenvalue weighted by Crippen LogP contribution is -2.09. The van der Waals surface area contributed by atoms with Gasteiger partial charge >= 0.3 is 0 Å². The lowest BCUT2D eigenvalue weighted by atomic mass is 10.1. The van der Waals surface area contributed by atoms with Gasteiger partial charge in [-0.1, -0.05) is 30.1 Å². The smallest absolute Gasteiger partial charge is 0.168 e. The molecular formula is C17H14Cl2N4. The van der Waals surface area contributed by atoms with Gasteiger partial charge in [-0.25, -0.2) is 0 Å². The second kappa shape index (κ2) is 5.55. The quantitative estimate of drug-likeness (QED) is 0.691. The van der Waals surface area contributed by atoms with Crippen molar-refractivity contribution in [3.8, 4) is 17.1 Å². The summed E-state index contributed by atoms with van der Waals surface area (Å²) in [4.78, 5) is 0. The molecule has 4 nitrogen and oxygen atoms in total. The Labute approximate surface area is 144 Å². The third-order valence-corrected chi connectivity index (χ3v) is 4.52. The predicted octanol–water partition coefficient (Wildman–Crippen LogP) is 4.77. The minimum atomic E-state index is 0.231. The molecule has 1 aromatic heterocycles. The molecule has 0 saturated carbocycles. The Balaban J connectivity index is 1.97. The summed E-state index contributed by atoms with van der Waals surface area (Å²) in [6.45, 7) is 2.92. The Hall–Kier alpha value is -2.04. The van der Waals surface area contributed by atoms with E-state index >= 15 is 0 Å². The van der Waals surface area contributed by atoms with Crippen molar-refractivity contribution < 1.29 is 0 Å². The van der Waals surface area contributed by atoms with E-state index in [1.807, 2.05) is 42.5 Å². The summed E-state index contributed by atoms with van der Waals surface area (Å²) in [5.74, 6) is 1.97. The van der Waals surface area contributed by atoms with Crippen molar-refractivity contribution in [2.24, 2.45) is 0 Å². The average molecular weight is 345 g/mol. The van der Waals surface area contributed by atoms with Crippen LogP contribution in [0.25, 0.3) is 17.1 Å². The highest BCUT2D eigenvalue weighted by Gasteiger charge is 2.25. The first-order chi connectivity index (χ1) is 11.1. The molecule has 1 aliphatic rings. The largest absolute Gasteiger partial charge is 0.383 e. The topological polar surface area (TPSA) is 42.7 Å². The van der Waals surface area contributed by atoms with Gasteiger partial charge in [0.15, 0.2) is 5.82 Å². The molecule has 4 rings (SSSR count). The van der Waals surface area contributed by atoms with Crippen LogP contribution in [-0.4, -0.2) is 21.3 Å². The molecule has 1 atom stereocenters. The summed E-state index contributed by atoms with van der Waals surface area (Å²) in [5, 5.41) is 13.7. The van der Waals surface area contributed by atoms with E-state index in [0.717, 1.165) is 35.1 Å². The lowest BCUT2D eigenvalue weighted by molar-refractivity contribution is 0.725. The van der Waals surface area contributed by atoms with Crippen LogP contribution in [0.4, 0.5) is 5.69 Å². The maximum Gasteiger partial charge on any atom is 0.168 e. The number of halogens is 2. The normalized spacial score (nSPS) is 16.2. The second-order valence-electron chi connectivity index (χ2n) is 5.67. The third-order valence-electron chi connectivity index (χ3n) is 4.03. The number of benzene rings is 2. The Kier molecular flexibility index (Phi) is 3.51. The monoisotopic (exact) mass is 344 g/mol. The van der Waals surface area contributed by atoms with Gasteiger partial charge in [0.05, 0.1) is 11.4 Å². The molecule has 6 heteroatoms. The van der Waals surface area contributed by atoms with Crippen molar-refractivity contribution in [1.82, 2.24) is 14.8 Å². The van der Waals surface area contributed by atoms with E-state index in [0.29, 0.717) is 10.0 Å². The number of nitrogens with zero attached hydrogens (tertiary/aromatic N) is 3. The highest BCUT2D eigenvalue weighted by atomic mass is 35.5. The fourth-order valence-corrected chi connectivity index (χ4v) is 3.14. The summed E-state index contributed by atoms with van der Waals surface area (Å²) in [6, 6.07) is 13.4. The molecule has 116 valence electrons. The van der Waals surface area contributed by atoms with Crippen LogP contribution < -0.4 is 5.32 Å². The van der Waals surface area contributed by atoms with E-state index in [4.69, 9.17) is 23.2 Å². The zero-order valence-corrected chi connectivity index (χ0v) is 13.9. The summed E-state index contributed by atoms with van der Waals surface area (Å²) >= 11 is 12.1. The highest BCUT2D eigenvalue weighted by molar-refractivity contribution is 6.31. The van der Waals surface area contributed by atoms with Crippen molar-refractivity contribution in [2.45, 2.75) is 12.8 Å². The first kappa shape index (κ1) is 14.5. The van der Waals surface area contributed by atoms with Crippen LogP contribution in [0.2, 0.25) is 10.0 Å². The molecule has 0 amide bonds. The molecule has 0 fully saturated rings. The van der Waals surface area contributed by atoms with Gasteiger partial charge in [-0.3, -0.25) is 4.57 Å². The standard InChI is InChI=1S/C17H14Cl2N4/c1-10-9-20-14-8-13(19)6-7-15(14)23-16(10)21-22-17(23)11-2-4-12(18)5-3-11/h2-8,10,20H,9H2,1H3/t10-/m0/s1. The predicted molar refractivity (Wildman–Crippen MR) is 93.7 cm³/mol. The number of fused-ring (bicyclic) bond motifs is 3. The van der Waals surface area contributed by atoms with E-state index in [-0.39, 0.29) is 5.92 Å². The van der Waals surface area contributed by atoms with E-state index in [1.165, 1.54) is 0 Å². The van der Waals surface area contributed by atoms with Crippen LogP contribution in [0.5, 0.6) is 0 Å². The highest BCUT2D eigenvalue weighted by Crippen LogP contribution is 2.34. The molecule has 1 N–H and O–H groups in total. The minimum Gasteiger partial charge on any atom is -0.383 e. The van der Waals surface area contributed by atoms with Gasteiger partial charge < -0.3 is 5.32 Å². The van der Waals surface area contributed by atoms with Crippen molar-refractivity contribution in [1.29, 1.82) is 0 Å². The van der Waals surface area contributed by atoms with Crippen LogP contribution in [0, 0.1) is 0 Å². The Morgan fingerprint density at radius 2 is 1.78 bits per heavy atom. The molecule has 0 aliphatic carbocycles.